The van der Waals surface area contributed by atoms with Gasteiger partial charge in [-0.3, -0.25) is 9.78 Å². The Morgan fingerprint density at radius 2 is 2.24 bits per heavy atom. The van der Waals surface area contributed by atoms with Crippen molar-refractivity contribution in [3.8, 4) is 0 Å². The fourth-order valence-corrected chi connectivity index (χ4v) is 2.60. The van der Waals surface area contributed by atoms with Crippen molar-refractivity contribution in [2.24, 2.45) is 11.7 Å². The molecule has 1 aromatic heterocycles. The van der Waals surface area contributed by atoms with Crippen LogP contribution < -0.4 is 11.1 Å². The van der Waals surface area contributed by atoms with Gasteiger partial charge in [0.05, 0.1) is 16.8 Å². The maximum Gasteiger partial charge on any atom is 0.169 e. The molecule has 110 valence electrons. The monoisotopic (exact) mass is 303 g/mol. The number of halogens is 1. The van der Waals surface area contributed by atoms with Gasteiger partial charge < -0.3 is 11.1 Å². The SMILES string of the molecule is NCCCNc1c(C(=O)C2CC2)cnc2ccc(Cl)cc12. The topological polar surface area (TPSA) is 68.0 Å². The maximum atomic E-state index is 12.5. The van der Waals surface area contributed by atoms with Gasteiger partial charge in [-0.15, -0.1) is 0 Å². The summed E-state index contributed by atoms with van der Waals surface area (Å²) >= 11 is 6.10. The second kappa shape index (κ2) is 6.00. The van der Waals surface area contributed by atoms with Gasteiger partial charge in [0.2, 0.25) is 0 Å². The lowest BCUT2D eigenvalue weighted by Crippen LogP contribution is -2.13. The summed E-state index contributed by atoms with van der Waals surface area (Å²) in [5, 5.41) is 4.88. The summed E-state index contributed by atoms with van der Waals surface area (Å²) in [4.78, 5) is 16.8. The minimum Gasteiger partial charge on any atom is -0.384 e. The Morgan fingerprint density at radius 3 is 2.95 bits per heavy atom. The Hall–Kier alpha value is -1.65. The second-order valence-electron chi connectivity index (χ2n) is 5.42. The first kappa shape index (κ1) is 14.3. The fourth-order valence-electron chi connectivity index (χ4n) is 2.42. The summed E-state index contributed by atoms with van der Waals surface area (Å²) in [6, 6.07) is 5.54. The Balaban J connectivity index is 2.07. The third kappa shape index (κ3) is 3.01. The summed E-state index contributed by atoms with van der Waals surface area (Å²) in [5.41, 5.74) is 7.89. The Bertz CT molecular complexity index is 683. The average molecular weight is 304 g/mol. The highest BCUT2D eigenvalue weighted by Crippen LogP contribution is 2.37. The van der Waals surface area contributed by atoms with Gasteiger partial charge in [-0.05, 0) is 44.0 Å². The normalized spacial score (nSPS) is 14.4. The molecule has 0 saturated heterocycles. The number of nitrogens with zero attached hydrogens (tertiary/aromatic N) is 1. The van der Waals surface area contributed by atoms with E-state index < -0.39 is 0 Å². The van der Waals surface area contributed by atoms with E-state index in [1.165, 1.54) is 0 Å². The number of nitrogens with one attached hydrogen (secondary N) is 1. The van der Waals surface area contributed by atoms with Crippen molar-refractivity contribution in [1.29, 1.82) is 0 Å². The molecule has 0 spiro atoms. The Labute approximate surface area is 128 Å². The van der Waals surface area contributed by atoms with E-state index in [1.54, 1.807) is 6.20 Å². The van der Waals surface area contributed by atoms with Crippen LogP contribution in [0, 0.1) is 5.92 Å². The van der Waals surface area contributed by atoms with Crippen LogP contribution in [-0.2, 0) is 0 Å². The Morgan fingerprint density at radius 1 is 1.43 bits per heavy atom. The number of carbonyl (C=O) groups excluding carboxylic acids is 1. The van der Waals surface area contributed by atoms with E-state index in [0.717, 1.165) is 42.4 Å². The molecule has 1 fully saturated rings. The molecule has 2 aromatic rings. The molecule has 1 aliphatic rings. The standard InChI is InChI=1S/C16H18ClN3O/c17-11-4-5-14-12(8-11)15(19-7-1-6-18)13(9-20-14)16(21)10-2-3-10/h4-5,8-10H,1-3,6-7,18H2,(H,19,20). The summed E-state index contributed by atoms with van der Waals surface area (Å²) < 4.78 is 0. The van der Waals surface area contributed by atoms with Crippen molar-refractivity contribution < 1.29 is 4.79 Å². The van der Waals surface area contributed by atoms with Crippen LogP contribution in [0.1, 0.15) is 29.6 Å². The highest BCUT2D eigenvalue weighted by atomic mass is 35.5. The van der Waals surface area contributed by atoms with Gasteiger partial charge in [-0.25, -0.2) is 0 Å². The number of anilines is 1. The molecule has 5 heteroatoms. The molecule has 1 aliphatic carbocycles. The average Bonchev–Trinajstić information content (AvgIpc) is 3.31. The number of hydrogen-bond acceptors (Lipinski definition) is 4. The van der Waals surface area contributed by atoms with Crippen molar-refractivity contribution in [1.82, 2.24) is 4.98 Å². The number of benzene rings is 1. The molecule has 0 radical (unpaired) electrons. The summed E-state index contributed by atoms with van der Waals surface area (Å²) in [6.45, 7) is 1.34. The first-order valence-corrected chi connectivity index (χ1v) is 7.65. The van der Waals surface area contributed by atoms with Crippen LogP contribution in [0.25, 0.3) is 10.9 Å². The van der Waals surface area contributed by atoms with Crippen molar-refractivity contribution in [3.63, 3.8) is 0 Å². The number of ketones is 1. The zero-order chi connectivity index (χ0) is 14.8. The lowest BCUT2D eigenvalue weighted by molar-refractivity contribution is 0.0968. The Kier molecular flexibility index (Phi) is 4.08. The van der Waals surface area contributed by atoms with Crippen LogP contribution in [0.5, 0.6) is 0 Å². The molecule has 3 rings (SSSR count). The molecule has 1 heterocycles. The third-order valence-electron chi connectivity index (χ3n) is 3.73. The van der Waals surface area contributed by atoms with Crippen LogP contribution in [0.15, 0.2) is 24.4 Å². The zero-order valence-electron chi connectivity index (χ0n) is 11.7. The molecular weight excluding hydrogens is 286 g/mol. The van der Waals surface area contributed by atoms with E-state index in [9.17, 15) is 4.79 Å². The zero-order valence-corrected chi connectivity index (χ0v) is 12.5. The van der Waals surface area contributed by atoms with Gasteiger partial charge in [0.15, 0.2) is 5.78 Å². The van der Waals surface area contributed by atoms with E-state index >= 15 is 0 Å². The number of rotatable bonds is 6. The van der Waals surface area contributed by atoms with Gasteiger partial charge in [-0.1, -0.05) is 11.6 Å². The number of hydrogen-bond donors (Lipinski definition) is 2. The second-order valence-corrected chi connectivity index (χ2v) is 5.85. The number of fused-ring (bicyclic) bond motifs is 1. The largest absolute Gasteiger partial charge is 0.384 e. The van der Waals surface area contributed by atoms with Crippen LogP contribution in [0.2, 0.25) is 5.02 Å². The first-order valence-electron chi connectivity index (χ1n) is 7.27. The number of carbonyl (C=O) groups is 1. The van der Waals surface area contributed by atoms with E-state index in [1.807, 2.05) is 18.2 Å². The molecule has 21 heavy (non-hydrogen) atoms. The summed E-state index contributed by atoms with van der Waals surface area (Å²) in [5.74, 6) is 0.345. The predicted octanol–water partition coefficient (Wildman–Crippen LogP) is 3.24. The smallest absolute Gasteiger partial charge is 0.169 e. The van der Waals surface area contributed by atoms with Gasteiger partial charge in [0.1, 0.15) is 0 Å². The van der Waals surface area contributed by atoms with Crippen molar-refractivity contribution in [2.45, 2.75) is 19.3 Å². The lowest BCUT2D eigenvalue weighted by Gasteiger charge is -2.14. The molecule has 0 atom stereocenters. The maximum absolute atomic E-state index is 12.5. The summed E-state index contributed by atoms with van der Waals surface area (Å²) in [7, 11) is 0. The first-order chi connectivity index (χ1) is 10.2. The van der Waals surface area contributed by atoms with Crippen molar-refractivity contribution >= 4 is 34.0 Å². The highest BCUT2D eigenvalue weighted by molar-refractivity contribution is 6.31. The van der Waals surface area contributed by atoms with E-state index in [2.05, 4.69) is 10.3 Å². The number of pyridine rings is 1. The molecule has 1 aromatic carbocycles. The molecule has 0 amide bonds. The van der Waals surface area contributed by atoms with Crippen molar-refractivity contribution in [3.05, 3.63) is 35.0 Å². The highest BCUT2D eigenvalue weighted by Gasteiger charge is 2.32. The molecule has 0 bridgehead atoms. The van der Waals surface area contributed by atoms with Crippen LogP contribution in [0.3, 0.4) is 0 Å². The predicted molar refractivity (Wildman–Crippen MR) is 86.0 cm³/mol. The quantitative estimate of drug-likeness (QED) is 0.635. The van der Waals surface area contributed by atoms with Gasteiger partial charge in [0.25, 0.3) is 0 Å². The van der Waals surface area contributed by atoms with Crippen LogP contribution in [0.4, 0.5) is 5.69 Å². The molecule has 3 N–H and O–H groups in total. The lowest BCUT2D eigenvalue weighted by atomic mass is 10.0. The van der Waals surface area contributed by atoms with E-state index in [-0.39, 0.29) is 11.7 Å². The minimum atomic E-state index is 0.165. The number of Topliss-reactive ketones (excluding diaryl/α,β-unsaturated/α-hetero) is 1. The number of aromatic nitrogens is 1. The molecule has 0 unspecified atom stereocenters. The molecule has 4 nitrogen and oxygen atoms in total. The van der Waals surface area contributed by atoms with E-state index in [4.69, 9.17) is 17.3 Å². The third-order valence-corrected chi connectivity index (χ3v) is 3.96. The van der Waals surface area contributed by atoms with Crippen LogP contribution >= 0.6 is 11.6 Å². The molecule has 1 saturated carbocycles. The summed E-state index contributed by atoms with van der Waals surface area (Å²) in [6.07, 6.45) is 4.49. The molecule has 0 aliphatic heterocycles. The minimum absolute atomic E-state index is 0.165. The molecular formula is C16H18ClN3O. The van der Waals surface area contributed by atoms with Crippen LogP contribution in [-0.4, -0.2) is 23.9 Å². The van der Waals surface area contributed by atoms with Gasteiger partial charge >= 0.3 is 0 Å². The van der Waals surface area contributed by atoms with E-state index in [0.29, 0.717) is 17.1 Å². The van der Waals surface area contributed by atoms with Gasteiger partial charge in [-0.2, -0.15) is 0 Å². The van der Waals surface area contributed by atoms with Gasteiger partial charge in [0, 0.05) is 29.1 Å². The number of nitrogens with two attached hydrogens (primary N) is 1. The van der Waals surface area contributed by atoms with Crippen molar-refractivity contribution in [2.75, 3.05) is 18.4 Å². The fraction of sp³-hybridized carbons (Fsp3) is 0.375.